The maximum atomic E-state index is 12.6. The molecule has 0 bridgehead atoms. The third-order valence-corrected chi connectivity index (χ3v) is 8.60. The van der Waals surface area contributed by atoms with E-state index >= 15 is 0 Å². The Bertz CT molecular complexity index is 1170. The lowest BCUT2D eigenvalue weighted by atomic mass is 10.1. The highest BCUT2D eigenvalue weighted by molar-refractivity contribution is 8.14. The molecule has 0 radical (unpaired) electrons. The van der Waals surface area contributed by atoms with E-state index in [2.05, 4.69) is 11.4 Å². The number of aliphatic imine (C=N–C) groups is 1. The molecule has 2 atom stereocenters. The number of rotatable bonds is 4. The molecule has 2 aliphatic rings. The van der Waals surface area contributed by atoms with Gasteiger partial charge in [-0.05, 0) is 56.5 Å². The van der Waals surface area contributed by atoms with Crippen LogP contribution >= 0.6 is 11.8 Å². The number of anilines is 2. The smallest absolute Gasteiger partial charge is 0.234 e. The Morgan fingerprint density at radius 3 is 2.65 bits per heavy atom. The molecule has 2 heterocycles. The average molecular weight is 458 g/mol. The van der Waals surface area contributed by atoms with Gasteiger partial charge in [-0.25, -0.2) is 8.42 Å². The summed E-state index contributed by atoms with van der Waals surface area (Å²) in [5.74, 6) is 0.261. The molecule has 2 aromatic rings. The first-order valence-electron chi connectivity index (χ1n) is 10.3. The number of amidine groups is 1. The first-order valence-corrected chi connectivity index (χ1v) is 13.1. The van der Waals surface area contributed by atoms with E-state index in [-0.39, 0.29) is 35.2 Å². The minimum atomic E-state index is -3.11. The van der Waals surface area contributed by atoms with E-state index < -0.39 is 9.84 Å². The van der Waals surface area contributed by atoms with Crippen LogP contribution in [0.5, 0.6) is 0 Å². The summed E-state index contributed by atoms with van der Waals surface area (Å²) in [6, 6.07) is 11.5. The summed E-state index contributed by atoms with van der Waals surface area (Å²) in [5, 5.41) is 3.70. The predicted molar refractivity (Wildman–Crippen MR) is 129 cm³/mol. The number of nitrogens with zero attached hydrogens (tertiary/aromatic N) is 2. The average Bonchev–Trinajstić information content (AvgIpc) is 3.15. The zero-order valence-electron chi connectivity index (χ0n) is 18.2. The molecule has 164 valence electrons. The summed E-state index contributed by atoms with van der Waals surface area (Å²) in [4.78, 5) is 19.4. The maximum Gasteiger partial charge on any atom is 0.234 e. The molecule has 4 rings (SSSR count). The Morgan fingerprint density at radius 2 is 1.90 bits per heavy atom. The van der Waals surface area contributed by atoms with Crippen molar-refractivity contribution < 1.29 is 13.2 Å². The molecule has 0 aromatic heterocycles. The van der Waals surface area contributed by atoms with E-state index in [1.807, 2.05) is 62.9 Å². The Kier molecular flexibility index (Phi) is 5.87. The van der Waals surface area contributed by atoms with Gasteiger partial charge >= 0.3 is 0 Å². The second-order valence-corrected chi connectivity index (χ2v) is 11.5. The van der Waals surface area contributed by atoms with Gasteiger partial charge in [0.15, 0.2) is 15.0 Å². The van der Waals surface area contributed by atoms with Crippen LogP contribution in [-0.4, -0.2) is 48.8 Å². The summed E-state index contributed by atoms with van der Waals surface area (Å²) >= 11 is 1.36. The lowest BCUT2D eigenvalue weighted by molar-refractivity contribution is -0.113. The molecule has 31 heavy (non-hydrogen) atoms. The molecule has 6 nitrogen and oxygen atoms in total. The predicted octanol–water partition coefficient (Wildman–Crippen LogP) is 3.63. The molecule has 8 heteroatoms. The van der Waals surface area contributed by atoms with Crippen molar-refractivity contribution in [2.45, 2.75) is 39.8 Å². The van der Waals surface area contributed by atoms with Gasteiger partial charge in [0.1, 0.15) is 0 Å². The molecule has 1 saturated heterocycles. The zero-order chi connectivity index (χ0) is 22.3. The quantitative estimate of drug-likeness (QED) is 0.758. The third kappa shape index (κ3) is 4.50. The van der Waals surface area contributed by atoms with Crippen molar-refractivity contribution in [2.24, 2.45) is 4.99 Å². The van der Waals surface area contributed by atoms with Crippen LogP contribution in [0.4, 0.5) is 11.4 Å². The number of nitrogens with one attached hydrogen (secondary N) is 1. The van der Waals surface area contributed by atoms with Gasteiger partial charge in [-0.2, -0.15) is 0 Å². The minimum Gasteiger partial charge on any atom is -0.325 e. The van der Waals surface area contributed by atoms with Crippen LogP contribution in [0.25, 0.3) is 0 Å². The molecule has 0 spiro atoms. The van der Waals surface area contributed by atoms with Crippen molar-refractivity contribution in [1.29, 1.82) is 0 Å². The number of aryl methyl sites for hydroxylation is 3. The van der Waals surface area contributed by atoms with E-state index in [1.165, 1.54) is 11.8 Å². The molecule has 1 fully saturated rings. The number of hydrogen-bond acceptors (Lipinski definition) is 6. The van der Waals surface area contributed by atoms with Gasteiger partial charge in [-0.15, -0.1) is 0 Å². The fourth-order valence-electron chi connectivity index (χ4n) is 4.19. The van der Waals surface area contributed by atoms with Crippen LogP contribution in [0.15, 0.2) is 41.4 Å². The van der Waals surface area contributed by atoms with Gasteiger partial charge in [0.2, 0.25) is 5.91 Å². The van der Waals surface area contributed by atoms with Gasteiger partial charge in [0.25, 0.3) is 0 Å². The first-order chi connectivity index (χ1) is 14.6. The summed E-state index contributed by atoms with van der Waals surface area (Å²) in [7, 11) is -3.11. The van der Waals surface area contributed by atoms with Gasteiger partial charge in [-0.3, -0.25) is 9.79 Å². The minimum absolute atomic E-state index is 0.0673. The number of fused-ring (bicyclic) bond motifs is 1. The molecule has 1 N–H and O–H groups in total. The molecule has 0 aliphatic carbocycles. The van der Waals surface area contributed by atoms with Crippen LogP contribution in [0.1, 0.15) is 22.3 Å². The van der Waals surface area contributed by atoms with E-state index in [1.54, 1.807) is 0 Å². The fraction of sp³-hybridized carbons (Fsp3) is 0.391. The summed E-state index contributed by atoms with van der Waals surface area (Å²) in [5.41, 5.74) is 6.16. The van der Waals surface area contributed by atoms with Gasteiger partial charge < -0.3 is 10.2 Å². The normalized spacial score (nSPS) is 21.7. The Labute approximate surface area is 188 Å². The Hall–Kier alpha value is -2.32. The highest BCUT2D eigenvalue weighted by Crippen LogP contribution is 2.36. The van der Waals surface area contributed by atoms with E-state index in [9.17, 15) is 13.2 Å². The highest BCUT2D eigenvalue weighted by Gasteiger charge is 2.47. The highest BCUT2D eigenvalue weighted by atomic mass is 32.2. The molecule has 1 amide bonds. The monoisotopic (exact) mass is 457 g/mol. The van der Waals surface area contributed by atoms with Crippen molar-refractivity contribution in [3.8, 4) is 0 Å². The van der Waals surface area contributed by atoms with E-state index in [0.29, 0.717) is 5.17 Å². The van der Waals surface area contributed by atoms with Crippen LogP contribution in [0, 0.1) is 27.7 Å². The molecule has 2 aliphatic heterocycles. The van der Waals surface area contributed by atoms with Crippen molar-refractivity contribution in [3.63, 3.8) is 0 Å². The van der Waals surface area contributed by atoms with Gasteiger partial charge in [0.05, 0.1) is 29.3 Å². The SMILES string of the molecule is Cc1ccc(N2C(SCC(=O)Nc3cccc(C)c3C)=NC3CS(=O)(=O)CC32)c(C)c1. The van der Waals surface area contributed by atoms with E-state index in [0.717, 1.165) is 33.6 Å². The van der Waals surface area contributed by atoms with Crippen molar-refractivity contribution >= 4 is 44.0 Å². The van der Waals surface area contributed by atoms with Crippen LogP contribution in [-0.2, 0) is 14.6 Å². The number of carbonyl (C=O) groups is 1. The molecule has 2 unspecified atom stereocenters. The third-order valence-electron chi connectivity index (χ3n) is 5.93. The lowest BCUT2D eigenvalue weighted by Gasteiger charge is -2.28. The largest absolute Gasteiger partial charge is 0.325 e. The fourth-order valence-corrected chi connectivity index (χ4v) is 6.95. The summed E-state index contributed by atoms with van der Waals surface area (Å²) < 4.78 is 24.5. The second kappa shape index (κ2) is 8.31. The Balaban J connectivity index is 1.54. The molecular weight excluding hydrogens is 430 g/mol. The number of sulfone groups is 1. The summed E-state index contributed by atoms with van der Waals surface area (Å²) in [6.07, 6.45) is 0. The maximum absolute atomic E-state index is 12.6. The van der Waals surface area contributed by atoms with Crippen molar-refractivity contribution in [3.05, 3.63) is 58.7 Å². The van der Waals surface area contributed by atoms with E-state index in [4.69, 9.17) is 4.99 Å². The van der Waals surface area contributed by atoms with Crippen molar-refractivity contribution in [2.75, 3.05) is 27.5 Å². The number of benzene rings is 2. The van der Waals surface area contributed by atoms with Crippen LogP contribution in [0.2, 0.25) is 0 Å². The van der Waals surface area contributed by atoms with Crippen LogP contribution in [0.3, 0.4) is 0 Å². The molecule has 0 saturated carbocycles. The topological polar surface area (TPSA) is 78.8 Å². The first kappa shape index (κ1) is 21.9. The van der Waals surface area contributed by atoms with Crippen molar-refractivity contribution in [1.82, 2.24) is 0 Å². The zero-order valence-corrected chi connectivity index (χ0v) is 19.8. The van der Waals surface area contributed by atoms with Crippen LogP contribution < -0.4 is 10.2 Å². The Morgan fingerprint density at radius 1 is 1.13 bits per heavy atom. The standard InChI is InChI=1S/C23H27N3O3S2/c1-14-8-9-20(16(3)10-14)26-21-13-31(28,29)12-19(21)25-23(26)30-11-22(27)24-18-7-5-6-15(2)17(18)4/h5-10,19,21H,11-13H2,1-4H3,(H,24,27). The lowest BCUT2D eigenvalue weighted by Crippen LogP contribution is -2.39. The summed E-state index contributed by atoms with van der Waals surface area (Å²) in [6.45, 7) is 8.06. The number of amides is 1. The number of carbonyl (C=O) groups excluding carboxylic acids is 1. The molecular formula is C23H27N3O3S2. The molecule has 2 aromatic carbocycles. The second-order valence-electron chi connectivity index (χ2n) is 8.37. The number of hydrogen-bond donors (Lipinski definition) is 1. The van der Waals surface area contributed by atoms with Gasteiger partial charge in [0, 0.05) is 11.4 Å². The van der Waals surface area contributed by atoms with Gasteiger partial charge in [-0.1, -0.05) is 41.6 Å². The number of thioether (sulfide) groups is 1.